The summed E-state index contributed by atoms with van der Waals surface area (Å²) in [6.45, 7) is -0.0545. The Kier molecular flexibility index (Phi) is 6.69. The van der Waals surface area contributed by atoms with Crippen molar-refractivity contribution in [2.75, 3.05) is 13.2 Å². The molecule has 0 bridgehead atoms. The summed E-state index contributed by atoms with van der Waals surface area (Å²) in [7, 11) is 0. The van der Waals surface area contributed by atoms with Crippen LogP contribution in [0.3, 0.4) is 0 Å². The fourth-order valence-electron chi connectivity index (χ4n) is 4.04. The fraction of sp³-hybridized carbons (Fsp3) is 0.200. The van der Waals surface area contributed by atoms with Crippen molar-refractivity contribution in [2.45, 2.75) is 18.1 Å². The lowest BCUT2D eigenvalue weighted by Gasteiger charge is -2.20. The Morgan fingerprint density at radius 2 is 1.62 bits per heavy atom. The zero-order chi connectivity index (χ0) is 22.7. The smallest absolute Gasteiger partial charge is 0.407 e. The SMILES string of the molecule is O=Cc1cccc(C(O)C(O)CNC(=O)OCC2c3ccccc3-c3ccccc32)c1Br. The third-order valence-electron chi connectivity index (χ3n) is 5.67. The van der Waals surface area contributed by atoms with Gasteiger partial charge >= 0.3 is 6.09 Å². The highest BCUT2D eigenvalue weighted by atomic mass is 79.9. The topological polar surface area (TPSA) is 95.9 Å². The van der Waals surface area contributed by atoms with Gasteiger partial charge in [-0.1, -0.05) is 66.7 Å². The molecule has 3 aromatic carbocycles. The van der Waals surface area contributed by atoms with Gasteiger partial charge in [-0.05, 0) is 43.7 Å². The number of amides is 1. The normalized spacial score (nSPS) is 14.2. The lowest BCUT2D eigenvalue weighted by Crippen LogP contribution is -2.36. The minimum absolute atomic E-state index is 0.0642. The standard InChI is InChI=1S/C25H22BrNO5/c26-23-15(13-28)6-5-11-20(23)24(30)22(29)12-27-25(31)32-14-21-18-9-3-1-7-16(18)17-8-2-4-10-19(17)21/h1-11,13,21-22,24,29-30H,12,14H2,(H,27,31). The van der Waals surface area contributed by atoms with E-state index in [2.05, 4.69) is 33.4 Å². The minimum atomic E-state index is -1.29. The highest BCUT2D eigenvalue weighted by Gasteiger charge is 2.29. The number of fused-ring (bicyclic) bond motifs is 3. The van der Waals surface area contributed by atoms with Gasteiger partial charge in [-0.15, -0.1) is 0 Å². The largest absolute Gasteiger partial charge is 0.449 e. The van der Waals surface area contributed by atoms with Gasteiger partial charge in [-0.2, -0.15) is 0 Å². The molecule has 0 radical (unpaired) electrons. The van der Waals surface area contributed by atoms with Gasteiger partial charge in [0.2, 0.25) is 0 Å². The van der Waals surface area contributed by atoms with Crippen LogP contribution in [0.4, 0.5) is 4.79 Å². The predicted octanol–water partition coefficient (Wildman–Crippen LogP) is 4.19. The van der Waals surface area contributed by atoms with Crippen molar-refractivity contribution in [2.24, 2.45) is 0 Å². The van der Waals surface area contributed by atoms with Gasteiger partial charge in [-0.3, -0.25) is 4.79 Å². The lowest BCUT2D eigenvalue weighted by molar-refractivity contribution is 0.0181. The van der Waals surface area contributed by atoms with Crippen molar-refractivity contribution in [3.05, 3.63) is 93.5 Å². The minimum Gasteiger partial charge on any atom is -0.449 e. The van der Waals surface area contributed by atoms with Gasteiger partial charge in [0.15, 0.2) is 6.29 Å². The molecule has 0 aliphatic heterocycles. The van der Waals surface area contributed by atoms with Gasteiger partial charge in [0.25, 0.3) is 0 Å². The van der Waals surface area contributed by atoms with Crippen LogP contribution in [-0.4, -0.2) is 41.8 Å². The van der Waals surface area contributed by atoms with Crippen LogP contribution in [0.25, 0.3) is 11.1 Å². The zero-order valence-electron chi connectivity index (χ0n) is 17.1. The molecular formula is C25H22BrNO5. The average molecular weight is 496 g/mol. The Balaban J connectivity index is 1.36. The first-order valence-electron chi connectivity index (χ1n) is 10.2. The maximum atomic E-state index is 12.3. The number of alkyl carbamates (subject to hydrolysis) is 1. The number of ether oxygens (including phenoxy) is 1. The quantitative estimate of drug-likeness (QED) is 0.427. The van der Waals surface area contributed by atoms with Crippen molar-refractivity contribution in [1.29, 1.82) is 0 Å². The molecule has 0 saturated heterocycles. The Labute approximate surface area is 194 Å². The second kappa shape index (κ2) is 9.65. The van der Waals surface area contributed by atoms with Gasteiger partial charge in [-0.25, -0.2) is 4.79 Å². The summed E-state index contributed by atoms with van der Waals surface area (Å²) in [6.07, 6.45) is -2.60. The van der Waals surface area contributed by atoms with E-state index >= 15 is 0 Å². The van der Waals surface area contributed by atoms with Gasteiger partial charge in [0.05, 0.1) is 0 Å². The Bertz CT molecular complexity index is 1100. The van der Waals surface area contributed by atoms with Crippen molar-refractivity contribution in [1.82, 2.24) is 5.32 Å². The van der Waals surface area contributed by atoms with Crippen molar-refractivity contribution >= 4 is 28.3 Å². The summed E-state index contributed by atoms with van der Waals surface area (Å²) in [5.41, 5.74) is 5.21. The van der Waals surface area contributed by atoms with E-state index in [1.54, 1.807) is 18.2 Å². The van der Waals surface area contributed by atoms with Crippen LogP contribution in [0.5, 0.6) is 0 Å². The molecule has 0 fully saturated rings. The van der Waals surface area contributed by atoms with Gasteiger partial charge < -0.3 is 20.3 Å². The molecule has 0 spiro atoms. The summed E-state index contributed by atoms with van der Waals surface area (Å²) in [5, 5.41) is 23.3. The van der Waals surface area contributed by atoms with E-state index in [0.717, 1.165) is 22.3 Å². The molecule has 164 valence electrons. The number of aliphatic hydroxyl groups excluding tert-OH is 2. The number of aliphatic hydroxyl groups is 2. The van der Waals surface area contributed by atoms with E-state index in [1.165, 1.54) is 0 Å². The Hall–Kier alpha value is -3.00. The third-order valence-corrected chi connectivity index (χ3v) is 6.58. The first kappa shape index (κ1) is 22.2. The molecule has 1 aliphatic carbocycles. The molecule has 2 unspecified atom stereocenters. The number of carbonyl (C=O) groups is 2. The summed E-state index contributed by atoms with van der Waals surface area (Å²) < 4.78 is 5.84. The second-order valence-electron chi connectivity index (χ2n) is 7.59. The fourth-order valence-corrected chi connectivity index (χ4v) is 4.64. The third kappa shape index (κ3) is 4.32. The second-order valence-corrected chi connectivity index (χ2v) is 8.38. The number of benzene rings is 3. The molecule has 1 aliphatic rings. The molecular weight excluding hydrogens is 474 g/mol. The lowest BCUT2D eigenvalue weighted by atomic mass is 9.98. The van der Waals surface area contributed by atoms with E-state index in [4.69, 9.17) is 4.74 Å². The Morgan fingerprint density at radius 1 is 1.00 bits per heavy atom. The van der Waals surface area contributed by atoms with E-state index < -0.39 is 18.3 Å². The zero-order valence-corrected chi connectivity index (χ0v) is 18.7. The summed E-state index contributed by atoms with van der Waals surface area (Å²) >= 11 is 3.27. The maximum Gasteiger partial charge on any atom is 0.407 e. The predicted molar refractivity (Wildman–Crippen MR) is 124 cm³/mol. The van der Waals surface area contributed by atoms with Crippen LogP contribution < -0.4 is 5.32 Å². The molecule has 6 nitrogen and oxygen atoms in total. The van der Waals surface area contributed by atoms with Crippen LogP contribution in [0.1, 0.15) is 39.1 Å². The van der Waals surface area contributed by atoms with Crippen molar-refractivity contribution in [3.63, 3.8) is 0 Å². The molecule has 3 N–H and O–H groups in total. The van der Waals surface area contributed by atoms with E-state index in [1.807, 2.05) is 36.4 Å². The van der Waals surface area contributed by atoms with Gasteiger partial charge in [0.1, 0.15) is 18.8 Å². The van der Waals surface area contributed by atoms with Crippen LogP contribution in [-0.2, 0) is 4.74 Å². The number of halogens is 1. The summed E-state index contributed by atoms with van der Waals surface area (Å²) in [4.78, 5) is 23.3. The highest BCUT2D eigenvalue weighted by molar-refractivity contribution is 9.10. The molecule has 0 saturated carbocycles. The van der Waals surface area contributed by atoms with Crippen LogP contribution >= 0.6 is 15.9 Å². The van der Waals surface area contributed by atoms with E-state index in [9.17, 15) is 19.8 Å². The van der Waals surface area contributed by atoms with Crippen molar-refractivity contribution in [3.8, 4) is 11.1 Å². The molecule has 1 amide bonds. The maximum absolute atomic E-state index is 12.3. The van der Waals surface area contributed by atoms with Crippen LogP contribution in [0.2, 0.25) is 0 Å². The monoisotopic (exact) mass is 495 g/mol. The van der Waals surface area contributed by atoms with E-state index in [0.29, 0.717) is 21.9 Å². The van der Waals surface area contributed by atoms with E-state index in [-0.39, 0.29) is 19.1 Å². The molecule has 7 heteroatoms. The number of hydrogen-bond donors (Lipinski definition) is 3. The average Bonchev–Trinajstić information content (AvgIpc) is 3.14. The highest BCUT2D eigenvalue weighted by Crippen LogP contribution is 2.44. The van der Waals surface area contributed by atoms with Crippen LogP contribution in [0.15, 0.2) is 71.2 Å². The number of carbonyl (C=O) groups excluding carboxylic acids is 2. The van der Waals surface area contributed by atoms with Crippen molar-refractivity contribution < 1.29 is 24.5 Å². The number of aldehydes is 1. The molecule has 3 aromatic rings. The number of rotatable bonds is 7. The molecule has 4 rings (SSSR count). The summed E-state index contributed by atoms with van der Waals surface area (Å²) in [5.74, 6) is -0.0642. The number of hydrogen-bond acceptors (Lipinski definition) is 5. The molecule has 0 aromatic heterocycles. The van der Waals surface area contributed by atoms with Crippen LogP contribution in [0, 0.1) is 0 Å². The van der Waals surface area contributed by atoms with Gasteiger partial charge in [0, 0.05) is 22.5 Å². The first-order chi connectivity index (χ1) is 15.5. The molecule has 32 heavy (non-hydrogen) atoms. The Morgan fingerprint density at radius 3 is 2.25 bits per heavy atom. The summed E-state index contributed by atoms with van der Waals surface area (Å²) in [6, 6.07) is 20.9. The molecule has 0 heterocycles. The first-order valence-corrected chi connectivity index (χ1v) is 11.0. The number of nitrogens with one attached hydrogen (secondary N) is 1. The molecule has 2 atom stereocenters.